The van der Waals surface area contributed by atoms with Crippen LogP contribution < -0.4 is 5.32 Å². The van der Waals surface area contributed by atoms with E-state index < -0.39 is 5.91 Å². The quantitative estimate of drug-likeness (QED) is 0.842. The van der Waals surface area contributed by atoms with Gasteiger partial charge in [0.05, 0.1) is 16.8 Å². The number of H-pyrrole nitrogens is 1. The summed E-state index contributed by atoms with van der Waals surface area (Å²) >= 11 is 5.83. The van der Waals surface area contributed by atoms with Gasteiger partial charge in [-0.05, 0) is 18.2 Å². The lowest BCUT2D eigenvalue weighted by molar-refractivity contribution is 0.102. The van der Waals surface area contributed by atoms with Gasteiger partial charge in [-0.3, -0.25) is 4.79 Å². The fourth-order valence-corrected chi connectivity index (χ4v) is 1.41. The molecule has 0 saturated heterocycles. The zero-order chi connectivity index (χ0) is 12.3. The van der Waals surface area contributed by atoms with E-state index in [0.717, 1.165) is 0 Å². The molecule has 0 aliphatic rings. The van der Waals surface area contributed by atoms with Gasteiger partial charge >= 0.3 is 0 Å². The number of hydrogen-bond acceptors (Lipinski definition) is 4. The molecule has 2 N–H and O–H groups in total. The summed E-state index contributed by atoms with van der Waals surface area (Å²) in [6.45, 7) is 0. The Morgan fingerprint density at radius 2 is 2.35 bits per heavy atom. The van der Waals surface area contributed by atoms with Crippen LogP contribution in [-0.4, -0.2) is 21.3 Å². The van der Waals surface area contributed by atoms with Crippen LogP contribution in [0.3, 0.4) is 0 Å². The standard InChI is InChI=1S/C10H6ClN5O/c11-8-3-7(2-1-6(8)4-12)14-10(17)9-5-13-16-15-9/h1-3,5H,(H,14,17)(H,13,15,16). The third-order valence-corrected chi connectivity index (χ3v) is 2.31. The van der Waals surface area contributed by atoms with Crippen molar-refractivity contribution >= 4 is 23.2 Å². The first kappa shape index (κ1) is 11.1. The van der Waals surface area contributed by atoms with Crippen molar-refractivity contribution in [2.24, 2.45) is 0 Å². The number of carbonyl (C=O) groups excluding carboxylic acids is 1. The number of amides is 1. The van der Waals surface area contributed by atoms with Crippen molar-refractivity contribution in [1.82, 2.24) is 15.4 Å². The minimum absolute atomic E-state index is 0.172. The monoisotopic (exact) mass is 247 g/mol. The molecule has 0 fully saturated rings. The smallest absolute Gasteiger partial charge is 0.277 e. The second-order valence-corrected chi connectivity index (χ2v) is 3.52. The SMILES string of the molecule is N#Cc1ccc(NC(=O)c2cn[nH]n2)cc1Cl. The van der Waals surface area contributed by atoms with E-state index in [2.05, 4.69) is 20.7 Å². The maximum absolute atomic E-state index is 11.6. The molecule has 0 unspecified atom stereocenters. The molecule has 0 aliphatic heterocycles. The number of nitrogens with zero attached hydrogens (tertiary/aromatic N) is 3. The molecule has 0 saturated carbocycles. The third-order valence-electron chi connectivity index (χ3n) is 2.00. The molecule has 2 aromatic rings. The Hall–Kier alpha value is -2.39. The highest BCUT2D eigenvalue weighted by molar-refractivity contribution is 6.32. The van der Waals surface area contributed by atoms with Gasteiger partial charge in [0.2, 0.25) is 0 Å². The minimum atomic E-state index is -0.403. The first-order valence-corrected chi connectivity index (χ1v) is 4.95. The van der Waals surface area contributed by atoms with Crippen molar-refractivity contribution < 1.29 is 4.79 Å². The highest BCUT2D eigenvalue weighted by atomic mass is 35.5. The summed E-state index contributed by atoms with van der Waals surface area (Å²) in [5, 5.41) is 21.1. The lowest BCUT2D eigenvalue weighted by Crippen LogP contribution is -2.12. The van der Waals surface area contributed by atoms with E-state index in [9.17, 15) is 4.79 Å². The van der Waals surface area contributed by atoms with Gasteiger partial charge in [0, 0.05) is 5.69 Å². The number of hydrogen-bond donors (Lipinski definition) is 2. The lowest BCUT2D eigenvalue weighted by atomic mass is 10.2. The topological polar surface area (TPSA) is 94.5 Å². The Bertz CT molecular complexity index is 587. The second kappa shape index (κ2) is 4.63. The van der Waals surface area contributed by atoms with E-state index in [0.29, 0.717) is 11.3 Å². The van der Waals surface area contributed by atoms with Crippen LogP contribution in [0.4, 0.5) is 5.69 Å². The lowest BCUT2D eigenvalue weighted by Gasteiger charge is -2.03. The minimum Gasteiger partial charge on any atom is -0.320 e. The van der Waals surface area contributed by atoms with Crippen molar-refractivity contribution in [2.75, 3.05) is 5.32 Å². The Balaban J connectivity index is 2.18. The molecule has 0 spiro atoms. The Labute approximate surface area is 101 Å². The average molecular weight is 248 g/mol. The number of nitrogens with one attached hydrogen (secondary N) is 2. The van der Waals surface area contributed by atoms with Crippen molar-refractivity contribution in [3.8, 4) is 6.07 Å². The fraction of sp³-hybridized carbons (Fsp3) is 0. The van der Waals surface area contributed by atoms with Crippen molar-refractivity contribution in [3.05, 3.63) is 40.7 Å². The molecular weight excluding hydrogens is 242 g/mol. The molecule has 0 bridgehead atoms. The van der Waals surface area contributed by atoms with E-state index in [4.69, 9.17) is 16.9 Å². The normalized spacial score (nSPS) is 9.65. The third kappa shape index (κ3) is 2.41. The maximum Gasteiger partial charge on any atom is 0.277 e. The molecule has 7 heteroatoms. The van der Waals surface area contributed by atoms with Crippen LogP contribution in [0.15, 0.2) is 24.4 Å². The van der Waals surface area contributed by atoms with Gasteiger partial charge < -0.3 is 5.32 Å². The Morgan fingerprint density at radius 1 is 1.53 bits per heavy atom. The summed E-state index contributed by atoms with van der Waals surface area (Å²) in [6.07, 6.45) is 1.31. The first-order valence-electron chi connectivity index (χ1n) is 4.57. The summed E-state index contributed by atoms with van der Waals surface area (Å²) in [6, 6.07) is 6.54. The molecule has 0 aliphatic carbocycles. The molecule has 0 atom stereocenters. The van der Waals surface area contributed by atoms with Gasteiger partial charge in [-0.2, -0.15) is 20.7 Å². The average Bonchev–Trinajstić information content (AvgIpc) is 2.82. The number of nitriles is 1. The predicted octanol–water partition coefficient (Wildman–Crippen LogP) is 1.58. The summed E-state index contributed by atoms with van der Waals surface area (Å²) < 4.78 is 0. The summed E-state index contributed by atoms with van der Waals surface area (Å²) in [4.78, 5) is 11.6. The fourth-order valence-electron chi connectivity index (χ4n) is 1.19. The van der Waals surface area contributed by atoms with Crippen molar-refractivity contribution in [2.45, 2.75) is 0 Å². The number of aromatic amines is 1. The molecular formula is C10H6ClN5O. The van der Waals surface area contributed by atoms with E-state index in [1.807, 2.05) is 6.07 Å². The van der Waals surface area contributed by atoms with Gasteiger partial charge in [-0.25, -0.2) is 0 Å². The Morgan fingerprint density at radius 3 is 2.94 bits per heavy atom. The van der Waals surface area contributed by atoms with Gasteiger partial charge in [0.15, 0.2) is 5.69 Å². The van der Waals surface area contributed by atoms with Crippen molar-refractivity contribution in [3.63, 3.8) is 0 Å². The molecule has 1 aromatic carbocycles. The Kier molecular flexibility index (Phi) is 3.03. The maximum atomic E-state index is 11.6. The summed E-state index contributed by atoms with van der Waals surface area (Å²) in [5.41, 5.74) is 1.01. The van der Waals surface area contributed by atoms with E-state index in [1.54, 1.807) is 6.07 Å². The van der Waals surface area contributed by atoms with Gasteiger partial charge in [0.25, 0.3) is 5.91 Å². The van der Waals surface area contributed by atoms with Crippen molar-refractivity contribution in [1.29, 1.82) is 5.26 Å². The molecule has 6 nitrogen and oxygen atoms in total. The molecule has 1 aromatic heterocycles. The number of halogens is 1. The van der Waals surface area contributed by atoms with E-state index >= 15 is 0 Å². The zero-order valence-corrected chi connectivity index (χ0v) is 9.19. The zero-order valence-electron chi connectivity index (χ0n) is 8.44. The van der Waals surface area contributed by atoms with E-state index in [-0.39, 0.29) is 10.7 Å². The highest BCUT2D eigenvalue weighted by Crippen LogP contribution is 2.20. The highest BCUT2D eigenvalue weighted by Gasteiger charge is 2.09. The molecule has 1 amide bonds. The van der Waals surface area contributed by atoms with Gasteiger partial charge in [-0.15, -0.1) is 0 Å². The van der Waals surface area contributed by atoms with Crippen LogP contribution in [0.1, 0.15) is 16.1 Å². The van der Waals surface area contributed by atoms with Crippen LogP contribution >= 0.6 is 11.6 Å². The van der Waals surface area contributed by atoms with Crippen LogP contribution in [0.5, 0.6) is 0 Å². The van der Waals surface area contributed by atoms with Crippen LogP contribution in [-0.2, 0) is 0 Å². The number of anilines is 1. The number of carbonyl (C=O) groups is 1. The van der Waals surface area contributed by atoms with Gasteiger partial charge in [0.1, 0.15) is 6.07 Å². The van der Waals surface area contributed by atoms with Crippen LogP contribution in [0.25, 0.3) is 0 Å². The first-order chi connectivity index (χ1) is 8.20. The molecule has 17 heavy (non-hydrogen) atoms. The van der Waals surface area contributed by atoms with Gasteiger partial charge in [-0.1, -0.05) is 11.6 Å². The van der Waals surface area contributed by atoms with Crippen LogP contribution in [0.2, 0.25) is 5.02 Å². The van der Waals surface area contributed by atoms with E-state index in [1.165, 1.54) is 18.3 Å². The predicted molar refractivity (Wildman–Crippen MR) is 60.5 cm³/mol. The molecule has 1 heterocycles. The molecule has 2 rings (SSSR count). The number of aromatic nitrogens is 3. The largest absolute Gasteiger partial charge is 0.320 e. The summed E-state index contributed by atoms with van der Waals surface area (Å²) in [5.74, 6) is -0.403. The number of rotatable bonds is 2. The number of benzene rings is 1. The summed E-state index contributed by atoms with van der Waals surface area (Å²) in [7, 11) is 0. The molecule has 84 valence electrons. The second-order valence-electron chi connectivity index (χ2n) is 3.12. The van der Waals surface area contributed by atoms with Crippen LogP contribution in [0, 0.1) is 11.3 Å². The molecule has 0 radical (unpaired) electrons.